The van der Waals surface area contributed by atoms with Crippen molar-refractivity contribution in [2.24, 2.45) is 11.8 Å². The molecular weight excluding hydrogens is 481 g/mol. The molecule has 1 amide bonds. The number of nitriles is 1. The first-order valence-corrected chi connectivity index (χ1v) is 12.0. The van der Waals surface area contributed by atoms with Gasteiger partial charge in [0.1, 0.15) is 0 Å². The molecule has 3 aliphatic carbocycles. The SMILES string of the molecule is N#CC[C@]1(O)C2CC1C[C@@H](S(=O)(=O)c1cc(C(=O)Nc3cc(F)c(F)c(F)c3)ccc1Cl)C2. The predicted octanol–water partition coefficient (Wildman–Crippen LogP) is 4.23. The lowest BCUT2D eigenvalue weighted by Gasteiger charge is -2.57. The number of anilines is 1. The fourth-order valence-electron chi connectivity index (χ4n) is 4.80. The summed E-state index contributed by atoms with van der Waals surface area (Å²) >= 11 is 6.13. The van der Waals surface area contributed by atoms with Crippen molar-refractivity contribution >= 4 is 33.0 Å². The fraction of sp³-hybridized carbons (Fsp3) is 0.364. The third-order valence-electron chi connectivity index (χ3n) is 6.62. The van der Waals surface area contributed by atoms with E-state index in [1.165, 1.54) is 12.1 Å². The summed E-state index contributed by atoms with van der Waals surface area (Å²) in [6, 6.07) is 6.69. The van der Waals surface area contributed by atoms with Crippen molar-refractivity contribution in [1.29, 1.82) is 5.26 Å². The largest absolute Gasteiger partial charge is 0.388 e. The Morgan fingerprint density at radius 1 is 1.15 bits per heavy atom. The summed E-state index contributed by atoms with van der Waals surface area (Å²) in [6.07, 6.45) is 0.914. The Morgan fingerprint density at radius 2 is 1.76 bits per heavy atom. The molecule has 0 radical (unpaired) electrons. The van der Waals surface area contributed by atoms with Crippen LogP contribution in [0.1, 0.15) is 36.0 Å². The third kappa shape index (κ3) is 3.98. The molecule has 174 valence electrons. The van der Waals surface area contributed by atoms with E-state index in [9.17, 15) is 31.5 Å². The summed E-state index contributed by atoms with van der Waals surface area (Å²) in [5.74, 6) is -6.16. The Hall–Kier alpha value is -2.61. The Kier molecular flexibility index (Phi) is 5.93. The number of carbonyl (C=O) groups excluding carboxylic acids is 1. The molecule has 2 aromatic rings. The lowest BCUT2D eigenvalue weighted by Crippen LogP contribution is -2.61. The van der Waals surface area contributed by atoms with Gasteiger partial charge in [0.25, 0.3) is 5.91 Å². The number of nitrogens with zero attached hydrogens (tertiary/aromatic N) is 1. The second-order valence-corrected chi connectivity index (χ2v) is 11.1. The number of halogens is 4. The van der Waals surface area contributed by atoms with Crippen LogP contribution in [0.2, 0.25) is 5.02 Å². The highest BCUT2D eigenvalue weighted by Crippen LogP contribution is 2.57. The van der Waals surface area contributed by atoms with Crippen molar-refractivity contribution in [3.63, 3.8) is 0 Å². The molecule has 3 aliphatic rings. The lowest BCUT2D eigenvalue weighted by atomic mass is 9.53. The zero-order valence-corrected chi connectivity index (χ0v) is 18.6. The quantitative estimate of drug-likeness (QED) is 0.600. The Balaban J connectivity index is 1.57. The second-order valence-electron chi connectivity index (χ2n) is 8.45. The molecule has 11 heteroatoms. The highest BCUT2D eigenvalue weighted by atomic mass is 35.5. The molecule has 0 aliphatic heterocycles. The third-order valence-corrected chi connectivity index (χ3v) is 9.28. The van der Waals surface area contributed by atoms with E-state index >= 15 is 0 Å². The zero-order valence-electron chi connectivity index (χ0n) is 17.0. The van der Waals surface area contributed by atoms with Crippen molar-refractivity contribution in [2.45, 2.75) is 41.4 Å². The van der Waals surface area contributed by atoms with Gasteiger partial charge in [-0.05, 0) is 49.3 Å². The highest BCUT2D eigenvalue weighted by molar-refractivity contribution is 7.92. The number of hydrogen-bond acceptors (Lipinski definition) is 5. The van der Waals surface area contributed by atoms with Gasteiger partial charge in [-0.15, -0.1) is 0 Å². The maximum atomic E-state index is 13.4. The predicted molar refractivity (Wildman–Crippen MR) is 113 cm³/mol. The number of rotatable bonds is 5. The van der Waals surface area contributed by atoms with E-state index in [0.717, 1.165) is 6.07 Å². The van der Waals surface area contributed by atoms with Crippen LogP contribution in [0, 0.1) is 40.6 Å². The van der Waals surface area contributed by atoms with Gasteiger partial charge >= 0.3 is 0 Å². The summed E-state index contributed by atoms with van der Waals surface area (Å²) in [5.41, 5.74) is -1.66. The van der Waals surface area contributed by atoms with E-state index in [4.69, 9.17) is 16.9 Å². The summed E-state index contributed by atoms with van der Waals surface area (Å²) < 4.78 is 66.5. The molecule has 6 nitrogen and oxygen atoms in total. The number of sulfone groups is 1. The molecule has 2 aromatic carbocycles. The normalized spacial score (nSPS) is 26.2. The first-order valence-electron chi connectivity index (χ1n) is 10.1. The average molecular weight is 499 g/mol. The smallest absolute Gasteiger partial charge is 0.255 e. The van der Waals surface area contributed by atoms with Gasteiger partial charge in [-0.1, -0.05) is 11.6 Å². The van der Waals surface area contributed by atoms with Gasteiger partial charge in [-0.2, -0.15) is 5.26 Å². The van der Waals surface area contributed by atoms with Crippen molar-refractivity contribution in [1.82, 2.24) is 0 Å². The lowest BCUT2D eigenvalue weighted by molar-refractivity contribution is -0.172. The summed E-state index contributed by atoms with van der Waals surface area (Å²) in [5, 5.41) is 20.8. The van der Waals surface area contributed by atoms with Crippen LogP contribution >= 0.6 is 11.6 Å². The first-order chi connectivity index (χ1) is 15.5. The van der Waals surface area contributed by atoms with Crippen molar-refractivity contribution in [2.75, 3.05) is 5.32 Å². The van der Waals surface area contributed by atoms with Crippen molar-refractivity contribution in [3.05, 3.63) is 58.4 Å². The Bertz CT molecular complexity index is 1260. The molecule has 0 saturated heterocycles. The van der Waals surface area contributed by atoms with E-state index in [1.807, 2.05) is 6.07 Å². The van der Waals surface area contributed by atoms with E-state index < -0.39 is 44.0 Å². The van der Waals surface area contributed by atoms with Crippen LogP contribution in [0.25, 0.3) is 0 Å². The minimum Gasteiger partial charge on any atom is -0.388 e. The number of nitrogens with one attached hydrogen (secondary N) is 1. The van der Waals surface area contributed by atoms with Crippen molar-refractivity contribution < 1.29 is 31.5 Å². The maximum absolute atomic E-state index is 13.4. The van der Waals surface area contributed by atoms with Crippen molar-refractivity contribution in [3.8, 4) is 6.07 Å². The van der Waals surface area contributed by atoms with E-state index in [2.05, 4.69) is 5.32 Å². The van der Waals surface area contributed by atoms with Crippen LogP contribution in [0.15, 0.2) is 35.2 Å². The maximum Gasteiger partial charge on any atom is 0.255 e. The van der Waals surface area contributed by atoms with E-state index in [-0.39, 0.29) is 52.3 Å². The van der Waals surface area contributed by atoms with Gasteiger partial charge in [-0.3, -0.25) is 4.79 Å². The first kappa shape index (κ1) is 23.5. The molecule has 3 saturated carbocycles. The molecular formula is C22H18ClF3N2O4S. The number of amides is 1. The van der Waals surface area contributed by atoms with Gasteiger partial charge in [0.15, 0.2) is 27.3 Å². The van der Waals surface area contributed by atoms with Crippen LogP contribution in [-0.2, 0) is 9.84 Å². The van der Waals surface area contributed by atoms with Crippen LogP contribution in [0.5, 0.6) is 0 Å². The number of carbonyl (C=O) groups is 1. The summed E-state index contributed by atoms with van der Waals surface area (Å²) in [4.78, 5) is 12.3. The fourth-order valence-corrected chi connectivity index (χ4v) is 7.20. The average Bonchev–Trinajstić information content (AvgIpc) is 2.77. The Morgan fingerprint density at radius 3 is 2.33 bits per heavy atom. The van der Waals surface area contributed by atoms with Gasteiger partial charge in [0, 0.05) is 23.4 Å². The van der Waals surface area contributed by atoms with Crippen LogP contribution in [0.3, 0.4) is 0 Å². The molecule has 5 rings (SSSR count). The molecule has 2 unspecified atom stereocenters. The van der Waals surface area contributed by atoms with Crippen LogP contribution in [-0.4, -0.2) is 30.3 Å². The summed E-state index contributed by atoms with van der Waals surface area (Å²) in [6.45, 7) is 0. The van der Waals surface area contributed by atoms with Crippen LogP contribution in [0.4, 0.5) is 18.9 Å². The monoisotopic (exact) mass is 498 g/mol. The number of benzene rings is 2. The van der Waals surface area contributed by atoms with Gasteiger partial charge < -0.3 is 10.4 Å². The number of aliphatic hydroxyl groups is 1. The molecule has 0 aromatic heterocycles. The number of hydrogen-bond donors (Lipinski definition) is 2. The highest BCUT2D eigenvalue weighted by Gasteiger charge is 2.59. The van der Waals surface area contributed by atoms with Gasteiger partial charge in [-0.25, -0.2) is 21.6 Å². The molecule has 2 bridgehead atoms. The molecule has 3 fully saturated rings. The number of fused-ring (bicyclic) bond motifs is 2. The molecule has 0 spiro atoms. The Labute approximate surface area is 192 Å². The minimum absolute atomic E-state index is 0.0594. The molecule has 2 N–H and O–H groups in total. The van der Waals surface area contributed by atoms with Gasteiger partial charge in [0.2, 0.25) is 0 Å². The minimum atomic E-state index is -3.98. The zero-order chi connectivity index (χ0) is 24.1. The molecule has 0 heterocycles. The summed E-state index contributed by atoms with van der Waals surface area (Å²) in [7, 11) is -3.98. The topological polar surface area (TPSA) is 107 Å². The second kappa shape index (κ2) is 8.31. The van der Waals surface area contributed by atoms with E-state index in [1.54, 1.807) is 0 Å². The van der Waals surface area contributed by atoms with Crippen LogP contribution < -0.4 is 5.32 Å². The van der Waals surface area contributed by atoms with Gasteiger partial charge in [0.05, 0.1) is 33.3 Å². The standard InChI is InChI=1S/C22H18ClF3N2O4S/c23-16-2-1-11(21(29)28-14-9-17(24)20(26)18(25)10-14)5-19(16)33(31,32)15-7-12-6-13(8-15)22(12,30)3-4-27/h1-2,5,9-10,12-13,15,30H,3,6-8H2,(H,28,29)/t12?,13?,15-,22-. The molecule has 33 heavy (non-hydrogen) atoms. The van der Waals surface area contributed by atoms with E-state index in [0.29, 0.717) is 18.6 Å². The molecule has 2 atom stereocenters.